The average Bonchev–Trinajstić information content (AvgIpc) is 3.23. The number of hydrogen-bond acceptors (Lipinski definition) is 6. The monoisotopic (exact) mass is 331 g/mol. The highest BCUT2D eigenvalue weighted by atomic mass is 32.1. The Labute approximate surface area is 137 Å². The molecule has 7 heteroatoms. The van der Waals surface area contributed by atoms with Crippen molar-refractivity contribution >= 4 is 23.1 Å². The first-order valence-corrected chi connectivity index (χ1v) is 8.07. The third-order valence-electron chi connectivity index (χ3n) is 3.18. The summed E-state index contributed by atoms with van der Waals surface area (Å²) >= 11 is 1.67. The number of aromatic nitrogens is 1. The highest BCUT2D eigenvalue weighted by Crippen LogP contribution is 2.15. The number of carbonyl (C=O) groups is 1. The van der Waals surface area contributed by atoms with Crippen LogP contribution in [0.4, 0.5) is 5.88 Å². The Hall–Kier alpha value is -2.38. The van der Waals surface area contributed by atoms with Crippen LogP contribution in [-0.2, 0) is 17.9 Å². The van der Waals surface area contributed by atoms with Crippen LogP contribution in [0.5, 0.6) is 0 Å². The van der Waals surface area contributed by atoms with Gasteiger partial charge in [-0.15, -0.1) is 11.3 Å². The van der Waals surface area contributed by atoms with E-state index in [-0.39, 0.29) is 12.5 Å². The molecule has 0 radical (unpaired) electrons. The number of thiophene rings is 1. The standard InChI is InChI=1S/C16H17N3O3S/c1-12-8-16(22-18-12)17-15(20)11-19(9-13-4-2-6-21-13)10-14-5-3-7-23-14/h2-8H,9-11H2,1H3,(H,17,20). The van der Waals surface area contributed by atoms with Gasteiger partial charge >= 0.3 is 0 Å². The van der Waals surface area contributed by atoms with Crippen molar-refractivity contribution in [2.45, 2.75) is 20.0 Å². The normalized spacial score (nSPS) is 11.0. The van der Waals surface area contributed by atoms with Crippen LogP contribution in [0.2, 0.25) is 0 Å². The van der Waals surface area contributed by atoms with Crippen molar-refractivity contribution in [3.05, 3.63) is 58.3 Å². The molecule has 0 bridgehead atoms. The van der Waals surface area contributed by atoms with Gasteiger partial charge in [-0.1, -0.05) is 11.2 Å². The van der Waals surface area contributed by atoms with Crippen LogP contribution in [0.25, 0.3) is 0 Å². The molecule has 0 saturated heterocycles. The Bertz CT molecular complexity index is 698. The fraction of sp³-hybridized carbons (Fsp3) is 0.250. The lowest BCUT2D eigenvalue weighted by Crippen LogP contribution is -2.32. The molecular weight excluding hydrogens is 314 g/mol. The summed E-state index contributed by atoms with van der Waals surface area (Å²) < 4.78 is 10.4. The summed E-state index contributed by atoms with van der Waals surface area (Å²) in [6.45, 7) is 3.28. The predicted molar refractivity (Wildman–Crippen MR) is 87.0 cm³/mol. The minimum atomic E-state index is -0.149. The lowest BCUT2D eigenvalue weighted by atomic mass is 10.3. The van der Waals surface area contributed by atoms with Crippen LogP contribution in [0.15, 0.2) is 50.9 Å². The summed E-state index contributed by atoms with van der Waals surface area (Å²) in [7, 11) is 0. The number of furan rings is 1. The Balaban J connectivity index is 1.63. The molecular formula is C16H17N3O3S. The van der Waals surface area contributed by atoms with Crippen molar-refractivity contribution in [3.63, 3.8) is 0 Å². The average molecular weight is 331 g/mol. The minimum Gasteiger partial charge on any atom is -0.468 e. The molecule has 3 rings (SSSR count). The van der Waals surface area contributed by atoms with E-state index in [0.717, 1.165) is 11.5 Å². The number of aryl methyl sites for hydroxylation is 1. The Morgan fingerprint density at radius 3 is 2.91 bits per heavy atom. The van der Waals surface area contributed by atoms with E-state index >= 15 is 0 Å². The predicted octanol–water partition coefficient (Wildman–Crippen LogP) is 3.28. The molecule has 120 valence electrons. The van der Waals surface area contributed by atoms with Crippen LogP contribution in [-0.4, -0.2) is 22.5 Å². The summed E-state index contributed by atoms with van der Waals surface area (Å²) in [4.78, 5) is 15.4. The number of amides is 1. The number of nitrogens with zero attached hydrogens (tertiary/aromatic N) is 2. The fourth-order valence-electron chi connectivity index (χ4n) is 2.22. The minimum absolute atomic E-state index is 0.149. The molecule has 6 nitrogen and oxygen atoms in total. The smallest absolute Gasteiger partial charge is 0.240 e. The van der Waals surface area contributed by atoms with Gasteiger partial charge in [-0.3, -0.25) is 15.0 Å². The Morgan fingerprint density at radius 2 is 2.26 bits per heavy atom. The van der Waals surface area contributed by atoms with E-state index in [1.165, 1.54) is 4.88 Å². The fourth-order valence-corrected chi connectivity index (χ4v) is 2.96. The van der Waals surface area contributed by atoms with Gasteiger partial charge in [0.2, 0.25) is 11.8 Å². The van der Waals surface area contributed by atoms with Crippen LogP contribution in [0, 0.1) is 6.92 Å². The molecule has 3 aromatic rings. The van der Waals surface area contributed by atoms with E-state index in [1.807, 2.05) is 28.5 Å². The van der Waals surface area contributed by atoms with Crippen LogP contribution < -0.4 is 5.32 Å². The molecule has 0 aliphatic heterocycles. The summed E-state index contributed by atoms with van der Waals surface area (Å²) in [5.41, 5.74) is 0.728. The molecule has 0 aliphatic carbocycles. The van der Waals surface area contributed by atoms with Gasteiger partial charge in [0, 0.05) is 17.5 Å². The molecule has 0 aliphatic rings. The number of rotatable bonds is 7. The summed E-state index contributed by atoms with van der Waals surface area (Å²) in [5, 5.41) is 8.49. The molecule has 3 aromatic heterocycles. The van der Waals surface area contributed by atoms with Gasteiger partial charge in [0.1, 0.15) is 5.76 Å². The van der Waals surface area contributed by atoms with Crippen molar-refractivity contribution in [3.8, 4) is 0 Å². The first kappa shape index (κ1) is 15.5. The molecule has 0 spiro atoms. The van der Waals surface area contributed by atoms with Gasteiger partial charge in [0.25, 0.3) is 0 Å². The second-order valence-electron chi connectivity index (χ2n) is 5.18. The number of anilines is 1. The molecule has 0 aromatic carbocycles. The van der Waals surface area contributed by atoms with Gasteiger partial charge in [-0.25, -0.2) is 0 Å². The molecule has 23 heavy (non-hydrogen) atoms. The zero-order valence-corrected chi connectivity index (χ0v) is 13.5. The lowest BCUT2D eigenvalue weighted by molar-refractivity contribution is -0.117. The van der Waals surface area contributed by atoms with E-state index < -0.39 is 0 Å². The zero-order chi connectivity index (χ0) is 16.1. The maximum atomic E-state index is 12.2. The van der Waals surface area contributed by atoms with Crippen molar-refractivity contribution < 1.29 is 13.7 Å². The first-order chi connectivity index (χ1) is 11.2. The maximum Gasteiger partial charge on any atom is 0.240 e. The third-order valence-corrected chi connectivity index (χ3v) is 4.04. The number of hydrogen-bond donors (Lipinski definition) is 1. The van der Waals surface area contributed by atoms with E-state index in [2.05, 4.69) is 16.5 Å². The molecule has 0 atom stereocenters. The number of carbonyl (C=O) groups excluding carboxylic acids is 1. The van der Waals surface area contributed by atoms with Gasteiger partial charge < -0.3 is 8.94 Å². The Morgan fingerprint density at radius 1 is 1.35 bits per heavy atom. The first-order valence-electron chi connectivity index (χ1n) is 7.19. The molecule has 3 heterocycles. The van der Waals surface area contributed by atoms with Crippen molar-refractivity contribution in [1.82, 2.24) is 10.1 Å². The van der Waals surface area contributed by atoms with E-state index in [1.54, 1.807) is 30.6 Å². The summed E-state index contributed by atoms with van der Waals surface area (Å²) in [6, 6.07) is 9.49. The second kappa shape index (κ2) is 7.26. The van der Waals surface area contributed by atoms with E-state index in [4.69, 9.17) is 8.94 Å². The summed E-state index contributed by atoms with van der Waals surface area (Å²) in [6.07, 6.45) is 1.63. The van der Waals surface area contributed by atoms with Crippen LogP contribution in [0.1, 0.15) is 16.3 Å². The third kappa shape index (κ3) is 4.54. The molecule has 0 fully saturated rings. The number of nitrogens with one attached hydrogen (secondary N) is 1. The molecule has 0 saturated carbocycles. The molecule has 1 amide bonds. The topological polar surface area (TPSA) is 71.5 Å². The highest BCUT2D eigenvalue weighted by molar-refractivity contribution is 7.09. The maximum absolute atomic E-state index is 12.2. The molecule has 0 unspecified atom stereocenters. The van der Waals surface area contributed by atoms with Crippen molar-refractivity contribution in [2.24, 2.45) is 0 Å². The SMILES string of the molecule is Cc1cc(NC(=O)CN(Cc2ccco2)Cc2cccs2)on1. The van der Waals surface area contributed by atoms with Crippen molar-refractivity contribution in [1.29, 1.82) is 0 Å². The van der Waals surface area contributed by atoms with Gasteiger partial charge in [-0.2, -0.15) is 0 Å². The lowest BCUT2D eigenvalue weighted by Gasteiger charge is -2.19. The Kier molecular flexibility index (Phi) is 4.89. The van der Waals surface area contributed by atoms with Gasteiger partial charge in [0.05, 0.1) is 25.0 Å². The quantitative estimate of drug-likeness (QED) is 0.719. The van der Waals surface area contributed by atoms with E-state index in [9.17, 15) is 4.79 Å². The van der Waals surface area contributed by atoms with E-state index in [0.29, 0.717) is 19.0 Å². The second-order valence-corrected chi connectivity index (χ2v) is 6.22. The zero-order valence-electron chi connectivity index (χ0n) is 12.7. The van der Waals surface area contributed by atoms with Gasteiger partial charge in [-0.05, 0) is 30.5 Å². The van der Waals surface area contributed by atoms with Crippen LogP contribution in [0.3, 0.4) is 0 Å². The van der Waals surface area contributed by atoms with Crippen LogP contribution >= 0.6 is 11.3 Å². The van der Waals surface area contributed by atoms with Crippen molar-refractivity contribution in [2.75, 3.05) is 11.9 Å². The summed E-state index contributed by atoms with van der Waals surface area (Å²) in [5.74, 6) is 1.04. The largest absolute Gasteiger partial charge is 0.468 e. The highest BCUT2D eigenvalue weighted by Gasteiger charge is 2.15. The molecule has 1 N–H and O–H groups in total. The van der Waals surface area contributed by atoms with Gasteiger partial charge in [0.15, 0.2) is 0 Å².